The normalized spacial score (nSPS) is 36.9. The van der Waals surface area contributed by atoms with Crippen LogP contribution in [0.25, 0.3) is 0 Å². The summed E-state index contributed by atoms with van der Waals surface area (Å²) in [5.74, 6) is 0.195. The molecule has 0 radical (unpaired) electrons. The Morgan fingerprint density at radius 2 is 2.03 bits per heavy atom. The third-order valence-electron chi connectivity index (χ3n) is 5.87. The summed E-state index contributed by atoms with van der Waals surface area (Å²) in [4.78, 5) is 33.3. The van der Waals surface area contributed by atoms with E-state index in [4.69, 9.17) is 26.1 Å². The molecule has 13 heteroatoms. The number of alkyl halides is 1. The number of nitrogens with zero attached hydrogens (tertiary/aromatic N) is 1. The molecule has 2 rings (SSSR count). The number of ether oxygens (including phenoxy) is 1. The lowest BCUT2D eigenvalue weighted by molar-refractivity contribution is -0.201. The third-order valence-corrected chi connectivity index (χ3v) is 7.50. The van der Waals surface area contributed by atoms with Crippen LogP contribution in [0.2, 0.25) is 0 Å². The average molecular weight is 505 g/mol. The second kappa shape index (κ2) is 11.5. The zero-order valence-electron chi connectivity index (χ0n) is 18.1. The SMILES string of the molecule is CCC[C@H]1C[C@H](C(=O)N[C@@H]([C@@H]2O[C@@H](SC)[C@@H](OP(=O)(O)O)[C@H](O)[C@@H]2O)[C@@H](C)Cl)N(C)C1. The molecule has 0 bridgehead atoms. The number of carbonyl (C=O) groups is 1. The number of aliphatic hydroxyl groups excluding tert-OH is 2. The molecule has 10 nitrogen and oxygen atoms in total. The molecule has 1 amide bonds. The van der Waals surface area contributed by atoms with Crippen LogP contribution in [0.15, 0.2) is 0 Å². The Kier molecular flexibility index (Phi) is 10.1. The Morgan fingerprint density at radius 3 is 2.55 bits per heavy atom. The van der Waals surface area contributed by atoms with Crippen molar-refractivity contribution >= 4 is 37.1 Å². The van der Waals surface area contributed by atoms with Crippen LogP contribution in [0.4, 0.5) is 0 Å². The van der Waals surface area contributed by atoms with Crippen molar-refractivity contribution < 1.29 is 38.6 Å². The molecule has 182 valence electrons. The van der Waals surface area contributed by atoms with Crippen LogP contribution in [-0.4, -0.2) is 98.0 Å². The van der Waals surface area contributed by atoms with Crippen LogP contribution in [-0.2, 0) is 18.6 Å². The van der Waals surface area contributed by atoms with Crippen LogP contribution in [0, 0.1) is 5.92 Å². The summed E-state index contributed by atoms with van der Waals surface area (Å²) < 4.78 is 21.7. The molecular weight excluding hydrogens is 471 g/mol. The number of amides is 1. The van der Waals surface area contributed by atoms with E-state index in [1.165, 1.54) is 0 Å². The zero-order valence-corrected chi connectivity index (χ0v) is 20.6. The van der Waals surface area contributed by atoms with Crippen LogP contribution >= 0.6 is 31.2 Å². The highest BCUT2D eigenvalue weighted by atomic mass is 35.5. The predicted octanol–water partition coefficient (Wildman–Crippen LogP) is 0.506. The minimum atomic E-state index is -4.93. The van der Waals surface area contributed by atoms with Crippen molar-refractivity contribution in [1.82, 2.24) is 10.2 Å². The highest BCUT2D eigenvalue weighted by Crippen LogP contribution is 2.43. The van der Waals surface area contributed by atoms with Gasteiger partial charge in [-0.05, 0) is 39.0 Å². The lowest BCUT2D eigenvalue weighted by Gasteiger charge is -2.45. The number of hydrogen-bond acceptors (Lipinski definition) is 8. The van der Waals surface area contributed by atoms with Gasteiger partial charge >= 0.3 is 7.82 Å². The summed E-state index contributed by atoms with van der Waals surface area (Å²) in [5.41, 5.74) is -0.992. The number of phosphoric acid groups is 1. The summed E-state index contributed by atoms with van der Waals surface area (Å²) in [6.07, 6.45) is -1.37. The molecule has 9 atom stereocenters. The standard InChI is InChI=1S/C18H34ClN2O8PS/c1-5-6-10-7-11(21(3)8-10)17(24)20-12(9(2)19)15-13(22)14(23)16(18(28-15)31-4)29-30(25,26)27/h9-16,18,22-23H,5-8H2,1-4H3,(H,20,24)(H2,25,26,27)/t9-,10+,11-,12-,13+,14-,15+,16+,18+/m1/s1. The molecule has 0 aromatic heterocycles. The van der Waals surface area contributed by atoms with E-state index in [1.54, 1.807) is 13.2 Å². The van der Waals surface area contributed by atoms with E-state index in [2.05, 4.69) is 16.8 Å². The second-order valence-electron chi connectivity index (χ2n) is 8.30. The molecule has 5 N–H and O–H groups in total. The molecule has 2 heterocycles. The average Bonchev–Trinajstić information content (AvgIpc) is 3.03. The van der Waals surface area contributed by atoms with Gasteiger partial charge in [-0.25, -0.2) is 4.57 Å². The van der Waals surface area contributed by atoms with Crippen molar-refractivity contribution in [2.75, 3.05) is 19.8 Å². The van der Waals surface area contributed by atoms with E-state index < -0.39 is 49.1 Å². The maximum Gasteiger partial charge on any atom is 0.470 e. The number of nitrogens with one attached hydrogen (secondary N) is 1. The molecule has 0 spiro atoms. The van der Waals surface area contributed by atoms with Crippen molar-refractivity contribution in [3.63, 3.8) is 0 Å². The maximum atomic E-state index is 13.0. The smallest absolute Gasteiger partial charge is 0.388 e. The van der Waals surface area contributed by atoms with Crippen molar-refractivity contribution in [3.05, 3.63) is 0 Å². The van der Waals surface area contributed by atoms with Crippen molar-refractivity contribution in [2.45, 2.75) is 80.4 Å². The first-order chi connectivity index (χ1) is 14.4. The number of phosphoric ester groups is 1. The summed E-state index contributed by atoms with van der Waals surface area (Å²) in [7, 11) is -3.04. The first-order valence-electron chi connectivity index (χ1n) is 10.3. The Bertz CT molecular complexity index is 654. The van der Waals surface area contributed by atoms with E-state index >= 15 is 0 Å². The Morgan fingerprint density at radius 1 is 1.39 bits per heavy atom. The van der Waals surface area contributed by atoms with Crippen LogP contribution < -0.4 is 5.32 Å². The topological polar surface area (TPSA) is 149 Å². The number of thioether (sulfide) groups is 1. The molecule has 2 aliphatic heterocycles. The van der Waals surface area contributed by atoms with E-state index in [0.717, 1.165) is 37.6 Å². The van der Waals surface area contributed by atoms with Crippen molar-refractivity contribution in [1.29, 1.82) is 0 Å². The summed E-state index contributed by atoms with van der Waals surface area (Å²) >= 11 is 7.38. The molecule has 0 aromatic carbocycles. The number of likely N-dealkylation sites (tertiary alicyclic amines) is 1. The van der Waals surface area contributed by atoms with E-state index in [0.29, 0.717) is 5.92 Å². The molecule has 31 heavy (non-hydrogen) atoms. The molecule has 2 aliphatic rings. The molecule has 0 aromatic rings. The van der Waals surface area contributed by atoms with Gasteiger partial charge in [0.05, 0.1) is 17.5 Å². The molecular formula is C18H34ClN2O8PS. The number of likely N-dealkylation sites (N-methyl/N-ethyl adjacent to an activating group) is 1. The van der Waals surface area contributed by atoms with Gasteiger partial charge < -0.3 is 30.1 Å². The van der Waals surface area contributed by atoms with E-state index in [1.807, 2.05) is 11.9 Å². The quantitative estimate of drug-likeness (QED) is 0.222. The van der Waals surface area contributed by atoms with Gasteiger partial charge in [-0.3, -0.25) is 14.2 Å². The van der Waals surface area contributed by atoms with Gasteiger partial charge in [0.15, 0.2) is 0 Å². The Labute approximate surface area is 192 Å². The Hall–Kier alpha value is 0.0600. The fourth-order valence-corrected chi connectivity index (χ4v) is 5.93. The molecule has 0 aliphatic carbocycles. The van der Waals surface area contributed by atoms with Crippen molar-refractivity contribution in [3.8, 4) is 0 Å². The lowest BCUT2D eigenvalue weighted by atomic mass is 9.92. The highest BCUT2D eigenvalue weighted by Gasteiger charge is 2.51. The van der Waals surface area contributed by atoms with Crippen LogP contribution in [0.1, 0.15) is 33.1 Å². The molecule has 0 unspecified atom stereocenters. The molecule has 0 saturated carbocycles. The number of hydrogen-bond donors (Lipinski definition) is 5. The van der Waals surface area contributed by atoms with Crippen LogP contribution in [0.3, 0.4) is 0 Å². The summed E-state index contributed by atoms with van der Waals surface area (Å²) in [6.45, 7) is 4.57. The minimum Gasteiger partial charge on any atom is -0.388 e. The monoisotopic (exact) mass is 504 g/mol. The van der Waals surface area contributed by atoms with Crippen LogP contribution in [0.5, 0.6) is 0 Å². The van der Waals surface area contributed by atoms with Gasteiger partial charge in [0.2, 0.25) is 5.91 Å². The minimum absolute atomic E-state index is 0.238. The van der Waals surface area contributed by atoms with Gasteiger partial charge in [-0.2, -0.15) is 0 Å². The van der Waals surface area contributed by atoms with Gasteiger partial charge in [0, 0.05) is 6.54 Å². The van der Waals surface area contributed by atoms with Gasteiger partial charge in [0.25, 0.3) is 0 Å². The largest absolute Gasteiger partial charge is 0.470 e. The fraction of sp³-hybridized carbons (Fsp3) is 0.944. The predicted molar refractivity (Wildman–Crippen MR) is 118 cm³/mol. The first-order valence-corrected chi connectivity index (χ1v) is 13.6. The first kappa shape index (κ1) is 27.3. The lowest BCUT2D eigenvalue weighted by Crippen LogP contribution is -2.65. The summed E-state index contributed by atoms with van der Waals surface area (Å²) in [6, 6.07) is -1.18. The van der Waals surface area contributed by atoms with Gasteiger partial charge in [-0.15, -0.1) is 23.4 Å². The maximum absolute atomic E-state index is 13.0. The van der Waals surface area contributed by atoms with E-state index in [-0.39, 0.29) is 11.9 Å². The number of carbonyl (C=O) groups excluding carboxylic acids is 1. The summed E-state index contributed by atoms with van der Waals surface area (Å²) in [5, 5.41) is 23.4. The van der Waals surface area contributed by atoms with Gasteiger partial charge in [0.1, 0.15) is 29.9 Å². The number of rotatable bonds is 9. The molecule has 2 saturated heterocycles. The highest BCUT2D eigenvalue weighted by molar-refractivity contribution is 7.99. The second-order valence-corrected chi connectivity index (χ2v) is 11.1. The van der Waals surface area contributed by atoms with Gasteiger partial charge in [-0.1, -0.05) is 13.3 Å². The fourth-order valence-electron chi connectivity index (χ4n) is 4.37. The third kappa shape index (κ3) is 7.02. The zero-order chi connectivity index (χ0) is 23.5. The Balaban J connectivity index is 2.15. The van der Waals surface area contributed by atoms with Crippen molar-refractivity contribution in [2.24, 2.45) is 5.92 Å². The molecule has 2 fully saturated rings. The number of halogens is 1. The van der Waals surface area contributed by atoms with E-state index in [9.17, 15) is 19.6 Å². The number of aliphatic hydroxyl groups is 2.